The van der Waals surface area contributed by atoms with Gasteiger partial charge in [-0.2, -0.15) is 0 Å². The van der Waals surface area contributed by atoms with E-state index < -0.39 is 0 Å². The average Bonchev–Trinajstić information content (AvgIpc) is 2.87. The van der Waals surface area contributed by atoms with E-state index in [1.54, 1.807) is 25.4 Å². The molecule has 0 aliphatic heterocycles. The molecule has 2 amide bonds. The van der Waals surface area contributed by atoms with Crippen molar-refractivity contribution >= 4 is 28.7 Å². The number of rotatable bonds is 5. The van der Waals surface area contributed by atoms with Gasteiger partial charge in [0.25, 0.3) is 0 Å². The van der Waals surface area contributed by atoms with Crippen LogP contribution in [0.3, 0.4) is 0 Å². The van der Waals surface area contributed by atoms with Gasteiger partial charge < -0.3 is 10.2 Å². The number of likely N-dealkylation sites (N-methyl/N-ethyl adjacent to an activating group) is 1. The summed E-state index contributed by atoms with van der Waals surface area (Å²) < 4.78 is 2.91. The topological polar surface area (TPSA) is 89.2 Å². The van der Waals surface area contributed by atoms with Crippen LogP contribution in [0, 0.1) is 6.92 Å². The monoisotopic (exact) mass is 367 g/mol. The maximum absolute atomic E-state index is 12.5. The Labute approximate surface area is 156 Å². The van der Waals surface area contributed by atoms with Crippen molar-refractivity contribution in [1.82, 2.24) is 19.0 Å². The van der Waals surface area contributed by atoms with Crippen molar-refractivity contribution in [3.63, 3.8) is 0 Å². The minimum Gasteiger partial charge on any atom is -0.335 e. The van der Waals surface area contributed by atoms with Gasteiger partial charge in [-0.25, -0.2) is 9.78 Å². The van der Waals surface area contributed by atoms with Gasteiger partial charge in [0, 0.05) is 20.3 Å². The molecule has 2 heterocycles. The number of carbonyl (C=O) groups excluding carboxylic acids is 2. The molecule has 0 bridgehead atoms. The second-order valence-corrected chi connectivity index (χ2v) is 6.43. The van der Waals surface area contributed by atoms with Crippen LogP contribution in [0.4, 0.5) is 5.82 Å². The van der Waals surface area contributed by atoms with Crippen LogP contribution < -0.4 is 11.0 Å². The van der Waals surface area contributed by atoms with E-state index in [-0.39, 0.29) is 30.6 Å². The van der Waals surface area contributed by atoms with Crippen LogP contribution in [-0.4, -0.2) is 44.4 Å². The fraction of sp³-hybridized carbons (Fsp3) is 0.263. The molecule has 3 rings (SSSR count). The van der Waals surface area contributed by atoms with Gasteiger partial charge in [-0.15, -0.1) is 0 Å². The Morgan fingerprint density at radius 2 is 1.89 bits per heavy atom. The highest BCUT2D eigenvalue weighted by Crippen LogP contribution is 2.11. The number of nitrogens with zero attached hydrogens (tertiary/aromatic N) is 4. The van der Waals surface area contributed by atoms with E-state index in [0.717, 1.165) is 11.1 Å². The highest BCUT2D eigenvalue weighted by atomic mass is 16.2. The Kier molecular flexibility index (Phi) is 5.07. The van der Waals surface area contributed by atoms with Gasteiger partial charge in [0.15, 0.2) is 0 Å². The van der Waals surface area contributed by atoms with E-state index in [4.69, 9.17) is 0 Å². The zero-order valence-corrected chi connectivity index (χ0v) is 15.5. The molecule has 0 spiro atoms. The molecule has 0 unspecified atom stereocenters. The van der Waals surface area contributed by atoms with E-state index in [1.807, 2.05) is 31.2 Å². The molecule has 2 aromatic heterocycles. The van der Waals surface area contributed by atoms with Crippen LogP contribution in [-0.2, 0) is 23.2 Å². The minimum absolute atomic E-state index is 0.131. The summed E-state index contributed by atoms with van der Waals surface area (Å²) in [6.07, 6.45) is 1.60. The number of carbonyl (C=O) groups is 2. The number of aryl methyl sites for hydroxylation is 2. The molecular weight excluding hydrogens is 346 g/mol. The molecule has 0 saturated carbocycles. The summed E-state index contributed by atoms with van der Waals surface area (Å²) in [5.41, 5.74) is 2.13. The lowest BCUT2D eigenvalue weighted by atomic mass is 10.3. The van der Waals surface area contributed by atoms with Crippen molar-refractivity contribution in [3.8, 4) is 0 Å². The first kappa shape index (κ1) is 18.4. The van der Waals surface area contributed by atoms with Crippen molar-refractivity contribution in [2.45, 2.75) is 13.5 Å². The number of hydrogen-bond donors (Lipinski definition) is 1. The van der Waals surface area contributed by atoms with Crippen LogP contribution in [0.1, 0.15) is 5.56 Å². The number of para-hydroxylation sites is 2. The second-order valence-electron chi connectivity index (χ2n) is 6.43. The van der Waals surface area contributed by atoms with Crippen molar-refractivity contribution in [1.29, 1.82) is 0 Å². The number of benzene rings is 1. The van der Waals surface area contributed by atoms with Gasteiger partial charge in [0.05, 0.1) is 17.6 Å². The van der Waals surface area contributed by atoms with Crippen LogP contribution in [0.15, 0.2) is 47.4 Å². The molecule has 0 aliphatic rings. The number of hydrogen-bond acceptors (Lipinski definition) is 4. The molecular formula is C19H21N5O3. The summed E-state index contributed by atoms with van der Waals surface area (Å²) in [6.45, 7) is 1.63. The van der Waals surface area contributed by atoms with Crippen LogP contribution in [0.25, 0.3) is 11.0 Å². The fourth-order valence-corrected chi connectivity index (χ4v) is 2.86. The summed E-state index contributed by atoms with van der Waals surface area (Å²) in [7, 11) is 3.19. The standard InChI is InChI=1S/C19H21N5O3/c1-13-8-9-20-16(10-13)21-17(25)11-22(2)18(26)12-24-15-7-5-4-6-14(15)23(3)19(24)27/h4-10H,11-12H2,1-3H3,(H,20,21,25). The molecule has 1 aromatic carbocycles. The molecule has 0 atom stereocenters. The summed E-state index contributed by atoms with van der Waals surface area (Å²) in [6, 6.07) is 10.8. The van der Waals surface area contributed by atoms with Crippen LogP contribution >= 0.6 is 0 Å². The molecule has 1 N–H and O–H groups in total. The summed E-state index contributed by atoms with van der Waals surface area (Å²) in [5.74, 6) is -0.249. The van der Waals surface area contributed by atoms with E-state index in [0.29, 0.717) is 11.3 Å². The Balaban J connectivity index is 1.69. The quantitative estimate of drug-likeness (QED) is 0.732. The highest BCUT2D eigenvalue weighted by molar-refractivity contribution is 5.94. The van der Waals surface area contributed by atoms with Gasteiger partial charge in [0.1, 0.15) is 12.4 Å². The van der Waals surface area contributed by atoms with E-state index in [9.17, 15) is 14.4 Å². The summed E-state index contributed by atoms with van der Waals surface area (Å²) in [4.78, 5) is 42.4. The Morgan fingerprint density at radius 1 is 1.19 bits per heavy atom. The molecule has 0 fully saturated rings. The lowest BCUT2D eigenvalue weighted by Crippen LogP contribution is -2.38. The average molecular weight is 367 g/mol. The molecule has 8 nitrogen and oxygen atoms in total. The third-order valence-corrected chi connectivity index (χ3v) is 4.33. The third kappa shape index (κ3) is 3.89. The lowest BCUT2D eigenvalue weighted by molar-refractivity contribution is -0.133. The zero-order valence-electron chi connectivity index (χ0n) is 15.5. The molecule has 0 aliphatic carbocycles. The van der Waals surface area contributed by atoms with Crippen molar-refractivity contribution < 1.29 is 9.59 Å². The zero-order chi connectivity index (χ0) is 19.6. The Hall–Kier alpha value is -3.42. The van der Waals surface area contributed by atoms with Gasteiger partial charge in [-0.05, 0) is 36.8 Å². The Bertz CT molecular complexity index is 1070. The largest absolute Gasteiger partial charge is 0.335 e. The normalized spacial score (nSPS) is 10.8. The first-order chi connectivity index (χ1) is 12.9. The highest BCUT2D eigenvalue weighted by Gasteiger charge is 2.18. The van der Waals surface area contributed by atoms with Crippen molar-refractivity contribution in [3.05, 3.63) is 58.6 Å². The number of pyridine rings is 1. The predicted molar refractivity (Wildman–Crippen MR) is 102 cm³/mol. The predicted octanol–water partition coefficient (Wildman–Crippen LogP) is 1.14. The van der Waals surface area contributed by atoms with Gasteiger partial charge in [-0.1, -0.05) is 12.1 Å². The number of nitrogens with one attached hydrogen (secondary N) is 1. The maximum Gasteiger partial charge on any atom is 0.329 e. The van der Waals surface area contributed by atoms with Gasteiger partial charge in [0.2, 0.25) is 11.8 Å². The minimum atomic E-state index is -0.353. The first-order valence-corrected chi connectivity index (χ1v) is 8.47. The molecule has 3 aromatic rings. The number of amides is 2. The van der Waals surface area contributed by atoms with E-state index in [2.05, 4.69) is 10.3 Å². The SMILES string of the molecule is Cc1ccnc(NC(=O)CN(C)C(=O)Cn2c(=O)n(C)c3ccccc32)c1. The maximum atomic E-state index is 12.5. The molecule has 140 valence electrons. The number of anilines is 1. The summed E-state index contributed by atoms with van der Waals surface area (Å²) in [5, 5.41) is 2.66. The van der Waals surface area contributed by atoms with Crippen LogP contribution in [0.2, 0.25) is 0 Å². The number of fused-ring (bicyclic) bond motifs is 1. The van der Waals surface area contributed by atoms with Gasteiger partial charge >= 0.3 is 5.69 Å². The number of imidazole rings is 1. The smallest absolute Gasteiger partial charge is 0.329 e. The number of aromatic nitrogens is 3. The third-order valence-electron chi connectivity index (χ3n) is 4.33. The lowest BCUT2D eigenvalue weighted by Gasteiger charge is -2.17. The Morgan fingerprint density at radius 3 is 2.59 bits per heavy atom. The van der Waals surface area contributed by atoms with Crippen molar-refractivity contribution in [2.24, 2.45) is 7.05 Å². The van der Waals surface area contributed by atoms with E-state index in [1.165, 1.54) is 21.1 Å². The molecule has 8 heteroatoms. The van der Waals surface area contributed by atoms with Crippen molar-refractivity contribution in [2.75, 3.05) is 18.9 Å². The van der Waals surface area contributed by atoms with E-state index >= 15 is 0 Å². The first-order valence-electron chi connectivity index (χ1n) is 8.47. The second kappa shape index (κ2) is 7.45. The van der Waals surface area contributed by atoms with Crippen LogP contribution in [0.5, 0.6) is 0 Å². The fourth-order valence-electron chi connectivity index (χ4n) is 2.86. The summed E-state index contributed by atoms with van der Waals surface area (Å²) >= 11 is 0. The molecule has 27 heavy (non-hydrogen) atoms. The molecule has 0 radical (unpaired) electrons. The van der Waals surface area contributed by atoms with Gasteiger partial charge in [-0.3, -0.25) is 18.7 Å². The molecule has 0 saturated heterocycles.